The monoisotopic (exact) mass is 279 g/mol. The number of anilines is 1. The maximum absolute atomic E-state index is 14.0. The van der Waals surface area contributed by atoms with Gasteiger partial charge >= 0.3 is 0 Å². The van der Waals surface area contributed by atoms with Crippen molar-refractivity contribution >= 4 is 17.4 Å². The molecule has 0 radical (unpaired) electrons. The standard InChI is InChI=1S/C15H15F2NS/c1-19-14-9-5-8-13(10-14)18-11-15(16,17)12-6-3-2-4-7-12/h2-10,18H,11H2,1H3. The second kappa shape index (κ2) is 6.06. The highest BCUT2D eigenvalue weighted by molar-refractivity contribution is 7.98. The van der Waals surface area contributed by atoms with E-state index in [-0.39, 0.29) is 5.56 Å². The van der Waals surface area contributed by atoms with Crippen molar-refractivity contribution in [2.45, 2.75) is 10.8 Å². The fourth-order valence-corrected chi connectivity index (χ4v) is 2.19. The molecule has 0 aliphatic heterocycles. The third-order valence-electron chi connectivity index (χ3n) is 2.78. The first-order valence-corrected chi connectivity index (χ1v) is 7.15. The molecule has 1 N–H and O–H groups in total. The lowest BCUT2D eigenvalue weighted by Gasteiger charge is -2.18. The van der Waals surface area contributed by atoms with Gasteiger partial charge in [-0.15, -0.1) is 11.8 Å². The number of hydrogen-bond donors (Lipinski definition) is 1. The molecule has 0 aromatic heterocycles. The molecule has 19 heavy (non-hydrogen) atoms. The van der Waals surface area contributed by atoms with Gasteiger partial charge in [-0.3, -0.25) is 0 Å². The average molecular weight is 279 g/mol. The van der Waals surface area contributed by atoms with Gasteiger partial charge in [0.2, 0.25) is 0 Å². The van der Waals surface area contributed by atoms with E-state index >= 15 is 0 Å². The van der Waals surface area contributed by atoms with E-state index in [1.54, 1.807) is 36.0 Å². The minimum absolute atomic E-state index is 0.0310. The predicted octanol–water partition coefficient (Wildman–Crippen LogP) is 4.61. The second-order valence-electron chi connectivity index (χ2n) is 4.16. The van der Waals surface area contributed by atoms with Gasteiger partial charge in [0.15, 0.2) is 0 Å². The molecule has 0 atom stereocenters. The summed E-state index contributed by atoms with van der Waals surface area (Å²) in [5, 5.41) is 2.79. The van der Waals surface area contributed by atoms with Crippen molar-refractivity contribution in [1.29, 1.82) is 0 Å². The molecule has 0 amide bonds. The maximum atomic E-state index is 14.0. The molecule has 0 fully saturated rings. The first kappa shape index (κ1) is 13.9. The zero-order valence-corrected chi connectivity index (χ0v) is 11.4. The molecule has 2 aromatic carbocycles. The summed E-state index contributed by atoms with van der Waals surface area (Å²) in [5.41, 5.74) is 0.742. The number of halogens is 2. The second-order valence-corrected chi connectivity index (χ2v) is 5.04. The van der Waals surface area contributed by atoms with Crippen LogP contribution in [0.15, 0.2) is 59.5 Å². The molecule has 0 saturated carbocycles. The third kappa shape index (κ3) is 3.70. The SMILES string of the molecule is CSc1cccc(NCC(F)(F)c2ccccc2)c1. The van der Waals surface area contributed by atoms with E-state index in [9.17, 15) is 8.78 Å². The predicted molar refractivity (Wildman–Crippen MR) is 77.0 cm³/mol. The molecule has 100 valence electrons. The summed E-state index contributed by atoms with van der Waals surface area (Å²) in [5.74, 6) is -2.88. The van der Waals surface area contributed by atoms with Crippen LogP contribution in [0, 0.1) is 0 Å². The largest absolute Gasteiger partial charge is 0.379 e. The molecule has 0 aliphatic carbocycles. The van der Waals surface area contributed by atoms with Crippen LogP contribution in [-0.2, 0) is 5.92 Å². The van der Waals surface area contributed by atoms with Crippen molar-refractivity contribution in [2.75, 3.05) is 18.1 Å². The van der Waals surface area contributed by atoms with E-state index in [0.717, 1.165) is 4.90 Å². The summed E-state index contributed by atoms with van der Waals surface area (Å²) >= 11 is 1.59. The van der Waals surface area contributed by atoms with Gasteiger partial charge in [-0.25, -0.2) is 0 Å². The van der Waals surface area contributed by atoms with E-state index in [1.807, 2.05) is 24.5 Å². The fraction of sp³-hybridized carbons (Fsp3) is 0.200. The minimum atomic E-state index is -2.88. The van der Waals surface area contributed by atoms with Gasteiger partial charge in [-0.1, -0.05) is 36.4 Å². The number of rotatable bonds is 5. The molecule has 4 heteroatoms. The molecule has 2 aromatic rings. The highest BCUT2D eigenvalue weighted by Gasteiger charge is 2.30. The van der Waals surface area contributed by atoms with Gasteiger partial charge in [0.25, 0.3) is 5.92 Å². The lowest BCUT2D eigenvalue weighted by atomic mass is 10.1. The van der Waals surface area contributed by atoms with Crippen LogP contribution in [0.1, 0.15) is 5.56 Å². The highest BCUT2D eigenvalue weighted by Crippen LogP contribution is 2.28. The first-order chi connectivity index (χ1) is 9.12. The van der Waals surface area contributed by atoms with Gasteiger partial charge < -0.3 is 5.32 Å². The molecular weight excluding hydrogens is 264 g/mol. The van der Waals surface area contributed by atoms with Crippen molar-refractivity contribution in [3.05, 3.63) is 60.2 Å². The van der Waals surface area contributed by atoms with Gasteiger partial charge in [-0.05, 0) is 24.5 Å². The number of hydrogen-bond acceptors (Lipinski definition) is 2. The zero-order valence-electron chi connectivity index (χ0n) is 10.6. The Balaban J connectivity index is 2.05. The number of benzene rings is 2. The van der Waals surface area contributed by atoms with Crippen LogP contribution >= 0.6 is 11.8 Å². The zero-order chi connectivity index (χ0) is 13.7. The van der Waals surface area contributed by atoms with E-state index in [0.29, 0.717) is 5.69 Å². The van der Waals surface area contributed by atoms with Crippen molar-refractivity contribution in [3.63, 3.8) is 0 Å². The van der Waals surface area contributed by atoms with Gasteiger partial charge in [0.05, 0.1) is 6.54 Å². The Morgan fingerprint density at radius 3 is 2.47 bits per heavy atom. The average Bonchev–Trinajstić information content (AvgIpc) is 2.46. The van der Waals surface area contributed by atoms with Crippen LogP contribution in [0.4, 0.5) is 14.5 Å². The fourth-order valence-electron chi connectivity index (χ4n) is 1.73. The molecule has 1 nitrogen and oxygen atoms in total. The van der Waals surface area contributed by atoms with E-state index in [4.69, 9.17) is 0 Å². The summed E-state index contributed by atoms with van der Waals surface area (Å²) in [6.07, 6.45) is 1.96. The van der Waals surface area contributed by atoms with Crippen molar-refractivity contribution in [3.8, 4) is 0 Å². The summed E-state index contributed by atoms with van der Waals surface area (Å²) in [4.78, 5) is 1.05. The molecule has 0 unspecified atom stereocenters. The highest BCUT2D eigenvalue weighted by atomic mass is 32.2. The van der Waals surface area contributed by atoms with E-state index in [2.05, 4.69) is 5.32 Å². The molecular formula is C15H15F2NS. The Morgan fingerprint density at radius 2 is 1.79 bits per heavy atom. The molecule has 2 rings (SSSR count). The first-order valence-electron chi connectivity index (χ1n) is 5.93. The summed E-state index contributed by atoms with van der Waals surface area (Å²) in [6.45, 7) is -0.408. The van der Waals surface area contributed by atoms with Crippen LogP contribution in [0.3, 0.4) is 0 Å². The van der Waals surface area contributed by atoms with Crippen LogP contribution in [0.2, 0.25) is 0 Å². The normalized spacial score (nSPS) is 11.3. The summed E-state index contributed by atoms with van der Waals surface area (Å²) < 4.78 is 27.9. The van der Waals surface area contributed by atoms with Gasteiger partial charge in [0, 0.05) is 16.1 Å². The Kier molecular flexibility index (Phi) is 4.43. The van der Waals surface area contributed by atoms with E-state index in [1.165, 1.54) is 12.1 Å². The number of nitrogens with one attached hydrogen (secondary N) is 1. The van der Waals surface area contributed by atoms with E-state index < -0.39 is 12.5 Å². The van der Waals surface area contributed by atoms with Crippen molar-refractivity contribution in [1.82, 2.24) is 0 Å². The molecule has 0 aliphatic rings. The molecule has 0 heterocycles. The Hall–Kier alpha value is -1.55. The number of thioether (sulfide) groups is 1. The minimum Gasteiger partial charge on any atom is -0.379 e. The lowest BCUT2D eigenvalue weighted by Crippen LogP contribution is -2.24. The van der Waals surface area contributed by atoms with Crippen LogP contribution < -0.4 is 5.32 Å². The lowest BCUT2D eigenvalue weighted by molar-refractivity contribution is 0.0106. The van der Waals surface area contributed by atoms with Gasteiger partial charge in [0.1, 0.15) is 0 Å². The topological polar surface area (TPSA) is 12.0 Å². The van der Waals surface area contributed by atoms with Crippen LogP contribution in [0.5, 0.6) is 0 Å². The summed E-state index contributed by atoms with van der Waals surface area (Å²) in [7, 11) is 0. The quantitative estimate of drug-likeness (QED) is 0.802. The molecule has 0 bridgehead atoms. The summed E-state index contributed by atoms with van der Waals surface area (Å²) in [6, 6.07) is 15.3. The van der Waals surface area contributed by atoms with Crippen LogP contribution in [-0.4, -0.2) is 12.8 Å². The molecule has 0 spiro atoms. The van der Waals surface area contributed by atoms with Crippen LogP contribution in [0.25, 0.3) is 0 Å². The third-order valence-corrected chi connectivity index (χ3v) is 3.51. The van der Waals surface area contributed by atoms with Gasteiger partial charge in [-0.2, -0.15) is 8.78 Å². The number of alkyl halides is 2. The Morgan fingerprint density at radius 1 is 1.05 bits per heavy atom. The Bertz CT molecular complexity index is 529. The Labute approximate surface area is 116 Å². The molecule has 0 saturated heterocycles. The van der Waals surface area contributed by atoms with Crippen molar-refractivity contribution in [2.24, 2.45) is 0 Å². The maximum Gasteiger partial charge on any atom is 0.290 e. The van der Waals surface area contributed by atoms with Crippen molar-refractivity contribution < 1.29 is 8.78 Å². The smallest absolute Gasteiger partial charge is 0.290 e.